The van der Waals surface area contributed by atoms with Gasteiger partial charge in [0.15, 0.2) is 0 Å². The van der Waals surface area contributed by atoms with E-state index in [1.807, 2.05) is 29.2 Å². The van der Waals surface area contributed by atoms with Gasteiger partial charge in [-0.2, -0.15) is 0 Å². The Morgan fingerprint density at radius 3 is 3.00 bits per heavy atom. The van der Waals surface area contributed by atoms with Crippen molar-refractivity contribution in [3.8, 4) is 0 Å². The third kappa shape index (κ3) is 3.93. The molecule has 0 aromatic heterocycles. The monoisotopic (exact) mass is 360 g/mol. The summed E-state index contributed by atoms with van der Waals surface area (Å²) < 4.78 is 1.03. The number of likely N-dealkylation sites (tertiary alicyclic amines) is 1. The molecule has 1 fully saturated rings. The number of nitrogens with one attached hydrogen (secondary N) is 1. The van der Waals surface area contributed by atoms with Crippen LogP contribution in [0, 0.1) is 3.57 Å². The van der Waals surface area contributed by atoms with E-state index in [1.165, 1.54) is 0 Å². The predicted molar refractivity (Wildman–Crippen MR) is 79.5 cm³/mol. The van der Waals surface area contributed by atoms with Crippen LogP contribution >= 0.6 is 22.6 Å². The van der Waals surface area contributed by atoms with Gasteiger partial charge < -0.3 is 10.4 Å². The standard InChI is InChI=1S/C13H17IN2O2/c14-11-5-1-2-6-12(11)15-13(18)9-16-7-3-4-10(17)8-16/h1-2,5-6,10,17H,3-4,7-9H2,(H,15,18). The fourth-order valence-corrected chi connectivity index (χ4v) is 2.65. The molecule has 2 N–H and O–H groups in total. The number of para-hydroxylation sites is 1. The molecule has 18 heavy (non-hydrogen) atoms. The van der Waals surface area contributed by atoms with Crippen LogP contribution in [0.25, 0.3) is 0 Å². The highest BCUT2D eigenvalue weighted by Crippen LogP contribution is 2.17. The molecule has 1 aliphatic rings. The van der Waals surface area contributed by atoms with Gasteiger partial charge in [-0.1, -0.05) is 12.1 Å². The molecule has 1 aromatic rings. The molecule has 1 heterocycles. The lowest BCUT2D eigenvalue weighted by atomic mass is 10.1. The van der Waals surface area contributed by atoms with Crippen molar-refractivity contribution in [2.24, 2.45) is 0 Å². The molecule has 2 rings (SSSR count). The van der Waals surface area contributed by atoms with Crippen molar-refractivity contribution in [3.05, 3.63) is 27.8 Å². The second-order valence-electron chi connectivity index (χ2n) is 4.56. The molecule has 0 radical (unpaired) electrons. The van der Waals surface area contributed by atoms with Gasteiger partial charge in [0.1, 0.15) is 0 Å². The van der Waals surface area contributed by atoms with Gasteiger partial charge in [0, 0.05) is 10.1 Å². The Bertz CT molecular complexity index is 425. The number of β-amino-alcohol motifs (C(OH)–C–C–N with tert-alkyl or cyclic N) is 1. The summed E-state index contributed by atoms with van der Waals surface area (Å²) in [5.41, 5.74) is 0.848. The third-order valence-electron chi connectivity index (χ3n) is 3.00. The summed E-state index contributed by atoms with van der Waals surface area (Å²) in [5.74, 6) is -0.0202. The number of carbonyl (C=O) groups is 1. The van der Waals surface area contributed by atoms with Gasteiger partial charge in [-0.3, -0.25) is 9.69 Å². The smallest absolute Gasteiger partial charge is 0.238 e. The van der Waals surface area contributed by atoms with Crippen molar-refractivity contribution in [3.63, 3.8) is 0 Å². The first kappa shape index (κ1) is 13.8. The molecule has 5 heteroatoms. The van der Waals surface area contributed by atoms with E-state index in [2.05, 4.69) is 27.9 Å². The minimum absolute atomic E-state index is 0.0202. The van der Waals surface area contributed by atoms with E-state index >= 15 is 0 Å². The Morgan fingerprint density at radius 1 is 1.50 bits per heavy atom. The van der Waals surface area contributed by atoms with E-state index in [9.17, 15) is 9.90 Å². The van der Waals surface area contributed by atoms with Gasteiger partial charge in [0.25, 0.3) is 0 Å². The summed E-state index contributed by atoms with van der Waals surface area (Å²) in [6, 6.07) is 7.70. The molecule has 4 nitrogen and oxygen atoms in total. The number of anilines is 1. The van der Waals surface area contributed by atoms with Crippen LogP contribution in [0.5, 0.6) is 0 Å². The Labute approximate surface area is 121 Å². The first-order chi connectivity index (χ1) is 8.65. The molecule has 98 valence electrons. The van der Waals surface area contributed by atoms with Gasteiger partial charge >= 0.3 is 0 Å². The molecule has 0 bridgehead atoms. The van der Waals surface area contributed by atoms with E-state index in [1.54, 1.807) is 0 Å². The molecular formula is C13H17IN2O2. The Balaban J connectivity index is 1.87. The SMILES string of the molecule is O=C(CN1CCCC(O)C1)Nc1ccccc1I. The van der Waals surface area contributed by atoms with E-state index in [0.29, 0.717) is 13.1 Å². The second kappa shape index (κ2) is 6.49. The van der Waals surface area contributed by atoms with Crippen LogP contribution in [0.1, 0.15) is 12.8 Å². The average molecular weight is 360 g/mol. The fraction of sp³-hybridized carbons (Fsp3) is 0.462. The summed E-state index contributed by atoms with van der Waals surface area (Å²) in [6.07, 6.45) is 1.51. The average Bonchev–Trinajstić information content (AvgIpc) is 2.32. The van der Waals surface area contributed by atoms with Crippen LogP contribution in [0.15, 0.2) is 24.3 Å². The highest BCUT2D eigenvalue weighted by molar-refractivity contribution is 14.1. The van der Waals surface area contributed by atoms with Crippen molar-refractivity contribution in [1.29, 1.82) is 0 Å². The van der Waals surface area contributed by atoms with Crippen LogP contribution in [-0.2, 0) is 4.79 Å². The number of benzene rings is 1. The van der Waals surface area contributed by atoms with Gasteiger partial charge in [0.05, 0.1) is 18.3 Å². The Morgan fingerprint density at radius 2 is 2.28 bits per heavy atom. The summed E-state index contributed by atoms with van der Waals surface area (Å²) >= 11 is 2.20. The first-order valence-electron chi connectivity index (χ1n) is 6.10. The number of rotatable bonds is 3. The van der Waals surface area contributed by atoms with E-state index in [0.717, 1.165) is 28.6 Å². The summed E-state index contributed by atoms with van der Waals surface area (Å²) in [4.78, 5) is 13.9. The number of piperidine rings is 1. The van der Waals surface area contributed by atoms with Crippen molar-refractivity contribution < 1.29 is 9.90 Å². The molecule has 1 aliphatic heterocycles. The zero-order chi connectivity index (χ0) is 13.0. The van der Waals surface area contributed by atoms with Crippen molar-refractivity contribution in [2.45, 2.75) is 18.9 Å². The van der Waals surface area contributed by atoms with Crippen LogP contribution in [0.4, 0.5) is 5.69 Å². The van der Waals surface area contributed by atoms with Crippen LogP contribution in [-0.4, -0.2) is 41.7 Å². The molecule has 0 spiro atoms. The number of aliphatic hydroxyl groups is 1. The first-order valence-corrected chi connectivity index (χ1v) is 7.18. The fourth-order valence-electron chi connectivity index (χ4n) is 2.13. The van der Waals surface area contributed by atoms with Crippen molar-refractivity contribution in [2.75, 3.05) is 25.0 Å². The molecule has 1 amide bonds. The Hall–Kier alpha value is -0.660. The normalized spacial score (nSPS) is 20.7. The lowest BCUT2D eigenvalue weighted by Crippen LogP contribution is -2.42. The maximum absolute atomic E-state index is 11.9. The number of hydrogen-bond acceptors (Lipinski definition) is 3. The van der Waals surface area contributed by atoms with Gasteiger partial charge in [-0.05, 0) is 54.1 Å². The maximum atomic E-state index is 11.9. The zero-order valence-electron chi connectivity index (χ0n) is 10.1. The second-order valence-corrected chi connectivity index (χ2v) is 5.72. The van der Waals surface area contributed by atoms with Crippen molar-refractivity contribution in [1.82, 2.24) is 4.90 Å². The summed E-state index contributed by atoms with van der Waals surface area (Å²) in [6.45, 7) is 1.83. The molecular weight excluding hydrogens is 343 g/mol. The predicted octanol–water partition coefficient (Wildman–Crippen LogP) is 1.69. The summed E-state index contributed by atoms with van der Waals surface area (Å²) in [7, 11) is 0. The van der Waals surface area contributed by atoms with Crippen molar-refractivity contribution >= 4 is 34.2 Å². The van der Waals surface area contributed by atoms with E-state index < -0.39 is 0 Å². The molecule has 0 aliphatic carbocycles. The maximum Gasteiger partial charge on any atom is 0.238 e. The molecule has 0 saturated carbocycles. The Kier molecular flexibility index (Phi) is 4.96. The highest BCUT2D eigenvalue weighted by atomic mass is 127. The number of aliphatic hydroxyl groups excluding tert-OH is 1. The van der Waals surface area contributed by atoms with Crippen LogP contribution in [0.2, 0.25) is 0 Å². The zero-order valence-corrected chi connectivity index (χ0v) is 12.3. The topological polar surface area (TPSA) is 52.6 Å². The van der Waals surface area contributed by atoms with E-state index in [-0.39, 0.29) is 12.0 Å². The van der Waals surface area contributed by atoms with Crippen LogP contribution in [0.3, 0.4) is 0 Å². The number of halogens is 1. The lowest BCUT2D eigenvalue weighted by molar-refractivity contribution is -0.118. The molecule has 1 aromatic carbocycles. The largest absolute Gasteiger partial charge is 0.392 e. The lowest BCUT2D eigenvalue weighted by Gasteiger charge is -2.29. The summed E-state index contributed by atoms with van der Waals surface area (Å²) in [5, 5.41) is 12.5. The quantitative estimate of drug-likeness (QED) is 0.807. The van der Waals surface area contributed by atoms with E-state index in [4.69, 9.17) is 0 Å². The number of hydrogen-bond donors (Lipinski definition) is 2. The minimum Gasteiger partial charge on any atom is -0.392 e. The van der Waals surface area contributed by atoms with Gasteiger partial charge in [-0.15, -0.1) is 0 Å². The number of amides is 1. The molecule has 1 unspecified atom stereocenters. The van der Waals surface area contributed by atoms with Gasteiger partial charge in [-0.25, -0.2) is 0 Å². The van der Waals surface area contributed by atoms with Gasteiger partial charge in [0.2, 0.25) is 5.91 Å². The number of nitrogens with zero attached hydrogens (tertiary/aromatic N) is 1. The number of carbonyl (C=O) groups excluding carboxylic acids is 1. The van der Waals surface area contributed by atoms with Crippen LogP contribution < -0.4 is 5.32 Å². The highest BCUT2D eigenvalue weighted by Gasteiger charge is 2.19. The third-order valence-corrected chi connectivity index (χ3v) is 3.94. The molecule has 1 saturated heterocycles. The molecule has 1 atom stereocenters. The minimum atomic E-state index is -0.289.